The zero-order chi connectivity index (χ0) is 10.3. The van der Waals surface area contributed by atoms with Gasteiger partial charge in [-0.25, -0.2) is 0 Å². The molecule has 0 heterocycles. The lowest BCUT2D eigenvalue weighted by molar-refractivity contribution is 0.213. The topological polar surface area (TPSA) is 35.5 Å². The van der Waals surface area contributed by atoms with Crippen molar-refractivity contribution in [2.45, 2.75) is 32.9 Å². The van der Waals surface area contributed by atoms with Gasteiger partial charge in [0, 0.05) is 0 Å². The summed E-state index contributed by atoms with van der Waals surface area (Å²) in [5.74, 6) is 0. The van der Waals surface area contributed by atoms with Crippen molar-refractivity contribution < 1.29 is 13.6 Å². The SMILES string of the molecule is C=CCC(C)P(=O)(OCC)OCC. The molecule has 0 aromatic carbocycles. The van der Waals surface area contributed by atoms with Crippen molar-refractivity contribution in [2.75, 3.05) is 13.2 Å². The number of hydrogen-bond acceptors (Lipinski definition) is 3. The van der Waals surface area contributed by atoms with Crippen LogP contribution in [-0.2, 0) is 13.6 Å². The van der Waals surface area contributed by atoms with E-state index in [1.54, 1.807) is 6.08 Å². The van der Waals surface area contributed by atoms with Crippen LogP contribution in [0.2, 0.25) is 0 Å². The van der Waals surface area contributed by atoms with E-state index in [1.807, 2.05) is 20.8 Å². The lowest BCUT2D eigenvalue weighted by atomic mass is 10.3. The zero-order valence-corrected chi connectivity index (χ0v) is 9.55. The van der Waals surface area contributed by atoms with Gasteiger partial charge in [0.15, 0.2) is 0 Å². The smallest absolute Gasteiger partial charge is 0.309 e. The lowest BCUT2D eigenvalue weighted by Gasteiger charge is -2.22. The molecule has 13 heavy (non-hydrogen) atoms. The van der Waals surface area contributed by atoms with E-state index in [1.165, 1.54) is 0 Å². The molecule has 0 rings (SSSR count). The van der Waals surface area contributed by atoms with Gasteiger partial charge >= 0.3 is 7.60 Å². The van der Waals surface area contributed by atoms with Crippen molar-refractivity contribution in [1.29, 1.82) is 0 Å². The molecule has 0 aromatic rings. The molecule has 0 amide bonds. The summed E-state index contributed by atoms with van der Waals surface area (Å²) in [6.45, 7) is 9.91. The Hall–Kier alpha value is -0.110. The van der Waals surface area contributed by atoms with Crippen molar-refractivity contribution in [3.8, 4) is 0 Å². The molecule has 0 saturated carbocycles. The fraction of sp³-hybridized carbons (Fsp3) is 0.778. The summed E-state index contributed by atoms with van der Waals surface area (Å²) in [5, 5.41) is 0. The van der Waals surface area contributed by atoms with Crippen molar-refractivity contribution in [1.82, 2.24) is 0 Å². The maximum atomic E-state index is 12.0. The van der Waals surface area contributed by atoms with E-state index in [2.05, 4.69) is 6.58 Å². The molecule has 0 aliphatic heterocycles. The molecule has 0 bridgehead atoms. The maximum absolute atomic E-state index is 12.0. The minimum Gasteiger partial charge on any atom is -0.309 e. The monoisotopic (exact) mass is 206 g/mol. The maximum Gasteiger partial charge on any atom is 0.333 e. The molecule has 3 nitrogen and oxygen atoms in total. The highest BCUT2D eigenvalue weighted by Gasteiger charge is 2.30. The van der Waals surface area contributed by atoms with Gasteiger partial charge in [0.05, 0.1) is 18.9 Å². The van der Waals surface area contributed by atoms with Crippen LogP contribution in [0.1, 0.15) is 27.2 Å². The number of hydrogen-bond donors (Lipinski definition) is 0. The molecule has 4 heteroatoms. The predicted molar refractivity (Wildman–Crippen MR) is 55.1 cm³/mol. The Kier molecular flexibility index (Phi) is 6.31. The average Bonchev–Trinajstić information content (AvgIpc) is 2.05. The highest BCUT2D eigenvalue weighted by atomic mass is 31.2. The Morgan fingerprint density at radius 3 is 2.15 bits per heavy atom. The minimum absolute atomic E-state index is 0.107. The lowest BCUT2D eigenvalue weighted by Crippen LogP contribution is -2.08. The van der Waals surface area contributed by atoms with Crippen LogP contribution < -0.4 is 0 Å². The van der Waals surface area contributed by atoms with Crippen molar-refractivity contribution in [2.24, 2.45) is 0 Å². The van der Waals surface area contributed by atoms with Gasteiger partial charge in [-0.05, 0) is 20.3 Å². The fourth-order valence-electron chi connectivity index (χ4n) is 1.02. The highest BCUT2D eigenvalue weighted by Crippen LogP contribution is 2.53. The van der Waals surface area contributed by atoms with Gasteiger partial charge in [-0.3, -0.25) is 4.57 Å². The third-order valence-electron chi connectivity index (χ3n) is 1.67. The van der Waals surface area contributed by atoms with E-state index in [4.69, 9.17) is 9.05 Å². The molecule has 1 atom stereocenters. The fourth-order valence-corrected chi connectivity index (χ4v) is 2.73. The minimum atomic E-state index is -2.90. The summed E-state index contributed by atoms with van der Waals surface area (Å²) in [6, 6.07) is 0. The molecular formula is C9H19O3P. The highest BCUT2D eigenvalue weighted by molar-refractivity contribution is 7.54. The van der Waals surface area contributed by atoms with Gasteiger partial charge < -0.3 is 9.05 Å². The van der Waals surface area contributed by atoms with Gasteiger partial charge in [0.1, 0.15) is 0 Å². The van der Waals surface area contributed by atoms with Crippen molar-refractivity contribution >= 4 is 7.60 Å². The van der Waals surface area contributed by atoms with Crippen LogP contribution in [0, 0.1) is 0 Å². The normalized spacial score (nSPS) is 14.1. The van der Waals surface area contributed by atoms with E-state index in [0.29, 0.717) is 19.6 Å². The molecule has 0 fully saturated rings. The van der Waals surface area contributed by atoms with Gasteiger partial charge in [-0.2, -0.15) is 0 Å². The van der Waals surface area contributed by atoms with Gasteiger partial charge in [0.25, 0.3) is 0 Å². The molecule has 1 unspecified atom stereocenters. The van der Waals surface area contributed by atoms with Crippen LogP contribution in [-0.4, -0.2) is 18.9 Å². The van der Waals surface area contributed by atoms with Crippen LogP contribution in [0.15, 0.2) is 12.7 Å². The number of rotatable bonds is 7. The predicted octanol–water partition coefficient (Wildman–Crippen LogP) is 3.22. The summed E-state index contributed by atoms with van der Waals surface area (Å²) in [7, 11) is -2.90. The first-order valence-electron chi connectivity index (χ1n) is 4.60. The second-order valence-corrected chi connectivity index (χ2v) is 5.23. The first-order valence-corrected chi connectivity index (χ1v) is 6.21. The average molecular weight is 206 g/mol. The summed E-state index contributed by atoms with van der Waals surface area (Å²) in [4.78, 5) is 0. The third-order valence-corrected chi connectivity index (χ3v) is 4.19. The summed E-state index contributed by atoms with van der Waals surface area (Å²) in [5.41, 5.74) is -0.107. The van der Waals surface area contributed by atoms with Crippen LogP contribution in [0.5, 0.6) is 0 Å². The first-order chi connectivity index (χ1) is 6.10. The standard InChI is InChI=1S/C9H19O3P/c1-5-8-9(4)13(10,11-6-2)12-7-3/h5,9H,1,6-8H2,2-4H3. The largest absolute Gasteiger partial charge is 0.333 e. The molecule has 0 aliphatic carbocycles. The Labute approximate surface area is 80.7 Å². The quantitative estimate of drug-likeness (QED) is 0.474. The van der Waals surface area contributed by atoms with Crippen LogP contribution in [0.4, 0.5) is 0 Å². The number of allylic oxidation sites excluding steroid dienone is 1. The summed E-state index contributed by atoms with van der Waals surface area (Å²) >= 11 is 0. The van der Waals surface area contributed by atoms with Crippen LogP contribution in [0.25, 0.3) is 0 Å². The summed E-state index contributed by atoms with van der Waals surface area (Å²) in [6.07, 6.45) is 2.38. The molecule has 0 aromatic heterocycles. The van der Waals surface area contributed by atoms with E-state index in [9.17, 15) is 4.57 Å². The first kappa shape index (κ1) is 12.9. The van der Waals surface area contributed by atoms with Gasteiger partial charge in [0.2, 0.25) is 0 Å². The molecule has 78 valence electrons. The van der Waals surface area contributed by atoms with Crippen molar-refractivity contribution in [3.63, 3.8) is 0 Å². The molecule has 0 saturated heterocycles. The van der Waals surface area contributed by atoms with Crippen LogP contribution >= 0.6 is 7.60 Å². The Balaban J connectivity index is 4.36. The van der Waals surface area contributed by atoms with E-state index >= 15 is 0 Å². The Morgan fingerprint density at radius 2 is 1.85 bits per heavy atom. The second-order valence-electron chi connectivity index (χ2n) is 2.75. The van der Waals surface area contributed by atoms with Gasteiger partial charge in [-0.15, -0.1) is 6.58 Å². The molecular weight excluding hydrogens is 187 g/mol. The van der Waals surface area contributed by atoms with Gasteiger partial charge in [-0.1, -0.05) is 13.0 Å². The summed E-state index contributed by atoms with van der Waals surface area (Å²) < 4.78 is 22.4. The van der Waals surface area contributed by atoms with Crippen molar-refractivity contribution in [3.05, 3.63) is 12.7 Å². The molecule has 0 spiro atoms. The Bertz CT molecular complexity index is 181. The second kappa shape index (κ2) is 6.36. The Morgan fingerprint density at radius 1 is 1.38 bits per heavy atom. The zero-order valence-electron chi connectivity index (χ0n) is 8.66. The third kappa shape index (κ3) is 4.08. The van der Waals surface area contributed by atoms with E-state index < -0.39 is 7.60 Å². The van der Waals surface area contributed by atoms with Crippen LogP contribution in [0.3, 0.4) is 0 Å². The van der Waals surface area contributed by atoms with E-state index in [0.717, 1.165) is 0 Å². The molecule has 0 N–H and O–H groups in total. The van der Waals surface area contributed by atoms with E-state index in [-0.39, 0.29) is 5.66 Å². The molecule has 0 aliphatic rings. The molecule has 0 radical (unpaired) electrons.